The molecule has 3 aromatic rings. The lowest BCUT2D eigenvalue weighted by Crippen LogP contribution is -2.40. The van der Waals surface area contributed by atoms with Crippen molar-refractivity contribution < 1.29 is 31.7 Å². The van der Waals surface area contributed by atoms with Gasteiger partial charge in [-0.2, -0.15) is 4.31 Å². The number of nitrogens with one attached hydrogen (secondary N) is 2. The molecule has 13 heteroatoms. The zero-order valence-corrected chi connectivity index (χ0v) is 21.1. The summed E-state index contributed by atoms with van der Waals surface area (Å²) in [5, 5.41) is 3.42. The molecule has 36 heavy (non-hydrogen) atoms. The average molecular weight is 533 g/mol. The molecule has 1 fully saturated rings. The van der Waals surface area contributed by atoms with E-state index in [1.165, 1.54) is 36.7 Å². The number of amides is 1. The first kappa shape index (κ1) is 25.7. The predicted molar refractivity (Wildman–Crippen MR) is 133 cm³/mol. The summed E-state index contributed by atoms with van der Waals surface area (Å²) in [5.74, 6) is -1.10. The van der Waals surface area contributed by atoms with Crippen LogP contribution in [0, 0.1) is 0 Å². The average Bonchev–Trinajstić information content (AvgIpc) is 2.88. The number of morpholine rings is 1. The Kier molecular flexibility index (Phi) is 7.64. The third-order valence-electron chi connectivity index (χ3n) is 5.44. The second-order valence-electron chi connectivity index (χ2n) is 7.78. The molecule has 0 bridgehead atoms. The van der Waals surface area contributed by atoms with Gasteiger partial charge in [-0.05, 0) is 30.3 Å². The van der Waals surface area contributed by atoms with Crippen molar-refractivity contribution in [3.05, 3.63) is 54.2 Å². The number of carbonyl (C=O) groups excluding carboxylic acids is 2. The van der Waals surface area contributed by atoms with Crippen molar-refractivity contribution in [3.8, 4) is 0 Å². The molecule has 2 heterocycles. The van der Waals surface area contributed by atoms with Gasteiger partial charge >= 0.3 is 5.97 Å². The fraction of sp³-hybridized carbons (Fsp3) is 0.261. The van der Waals surface area contributed by atoms with E-state index in [9.17, 15) is 22.2 Å². The molecule has 1 atom stereocenters. The summed E-state index contributed by atoms with van der Waals surface area (Å²) in [4.78, 5) is 28.2. The minimum Gasteiger partial charge on any atom is -0.465 e. The molecule has 2 N–H and O–H groups in total. The third-order valence-corrected chi connectivity index (χ3v) is 8.50. The van der Waals surface area contributed by atoms with Gasteiger partial charge in [-0.1, -0.05) is 12.1 Å². The smallest absolute Gasteiger partial charge is 0.339 e. The minimum atomic E-state index is -4.03. The summed E-state index contributed by atoms with van der Waals surface area (Å²) in [6.45, 7) is 2.10. The number of pyridine rings is 1. The second-order valence-corrected chi connectivity index (χ2v) is 10.9. The molecule has 0 aliphatic carbocycles. The highest BCUT2D eigenvalue weighted by atomic mass is 32.2. The highest BCUT2D eigenvalue weighted by Gasteiger charge is 2.31. The molecule has 1 saturated heterocycles. The molecule has 1 aromatic heterocycles. The van der Waals surface area contributed by atoms with Crippen LogP contribution in [-0.4, -0.2) is 67.2 Å². The molecule has 0 radical (unpaired) electrons. The zero-order chi connectivity index (χ0) is 25.9. The van der Waals surface area contributed by atoms with Crippen LogP contribution in [0.5, 0.6) is 0 Å². The normalized spacial score (nSPS) is 15.3. The number of methoxy groups -OCH3 is 1. The molecule has 190 valence electrons. The quantitative estimate of drug-likeness (QED) is 0.436. The van der Waals surface area contributed by atoms with E-state index in [1.807, 2.05) is 0 Å². The van der Waals surface area contributed by atoms with Crippen LogP contribution in [0.15, 0.2) is 58.5 Å². The molecule has 11 nitrogen and oxygen atoms in total. The van der Waals surface area contributed by atoms with Crippen LogP contribution in [0.4, 0.5) is 11.4 Å². The van der Waals surface area contributed by atoms with Gasteiger partial charge in [-0.15, -0.1) is 0 Å². The van der Waals surface area contributed by atoms with Crippen LogP contribution in [0.1, 0.15) is 17.3 Å². The van der Waals surface area contributed by atoms with Crippen LogP contribution >= 0.6 is 0 Å². The van der Waals surface area contributed by atoms with Crippen molar-refractivity contribution in [2.45, 2.75) is 16.7 Å². The Labute approximate surface area is 210 Å². The lowest BCUT2D eigenvalue weighted by molar-refractivity contribution is -0.117. The van der Waals surface area contributed by atoms with E-state index in [2.05, 4.69) is 15.0 Å². The molecule has 4 rings (SSSR count). The number of anilines is 2. The number of hydrogen-bond donors (Lipinski definition) is 2. The molecular weight excluding hydrogens is 508 g/mol. The maximum absolute atomic E-state index is 13.7. The van der Waals surface area contributed by atoms with Gasteiger partial charge in [-0.25, -0.2) is 17.4 Å². The molecule has 2 aromatic carbocycles. The number of rotatable bonds is 7. The topological polar surface area (TPSA) is 144 Å². The van der Waals surface area contributed by atoms with Crippen molar-refractivity contribution in [1.29, 1.82) is 0 Å². The van der Waals surface area contributed by atoms with Gasteiger partial charge in [0.05, 0.1) is 47.7 Å². The number of sulfonamides is 1. The number of carbonyl (C=O) groups is 2. The van der Waals surface area contributed by atoms with Crippen LogP contribution in [0.2, 0.25) is 0 Å². The lowest BCUT2D eigenvalue weighted by atomic mass is 10.1. The van der Waals surface area contributed by atoms with Crippen LogP contribution < -0.4 is 10.0 Å². The number of para-hydroxylation sites is 1. The van der Waals surface area contributed by atoms with Crippen LogP contribution in [0.3, 0.4) is 0 Å². The van der Waals surface area contributed by atoms with Gasteiger partial charge in [0.15, 0.2) is 11.0 Å². The first-order valence-corrected chi connectivity index (χ1v) is 13.5. The Hall–Kier alpha value is -3.39. The van der Waals surface area contributed by atoms with Crippen LogP contribution in [-0.2, 0) is 35.3 Å². The highest BCUT2D eigenvalue weighted by Crippen LogP contribution is 2.35. The molecule has 1 unspecified atom stereocenters. The SMILES string of the molecule is COC(=O)c1ccccc1Nc1c(S(=O)(=O)N2CCOCC2)cnc2ccc(S(=O)NC(C)=O)cc12. The van der Waals surface area contributed by atoms with Gasteiger partial charge < -0.3 is 14.8 Å². The summed E-state index contributed by atoms with van der Waals surface area (Å²) in [6, 6.07) is 11.1. The maximum Gasteiger partial charge on any atom is 0.339 e. The standard InChI is InChI=1S/C23H24N4O7S2/c1-15(28)26-35(30)16-7-8-19-18(13-16)22(25-20-6-4-3-5-17(20)23(29)33-2)21(14-24-19)36(31,32)27-9-11-34-12-10-27/h3-8,13-14H,9-12H2,1-2H3,(H,24,25)(H,26,28). The van der Waals surface area contributed by atoms with Gasteiger partial charge in [0.1, 0.15) is 4.90 Å². The minimum absolute atomic E-state index is 0.126. The van der Waals surface area contributed by atoms with Crippen molar-refractivity contribution in [3.63, 3.8) is 0 Å². The number of hydrogen-bond acceptors (Lipinski definition) is 9. The number of nitrogens with zero attached hydrogens (tertiary/aromatic N) is 2. The molecule has 1 amide bonds. The fourth-order valence-electron chi connectivity index (χ4n) is 3.72. The zero-order valence-electron chi connectivity index (χ0n) is 19.5. The third kappa shape index (κ3) is 5.23. The molecule has 1 aliphatic rings. The van der Waals surface area contributed by atoms with Gasteiger partial charge in [0, 0.05) is 31.6 Å². The molecule has 0 spiro atoms. The summed E-state index contributed by atoms with van der Waals surface area (Å²) >= 11 is 0. The van der Waals surface area contributed by atoms with Gasteiger partial charge in [0.2, 0.25) is 15.9 Å². The van der Waals surface area contributed by atoms with Gasteiger partial charge in [-0.3, -0.25) is 14.5 Å². The van der Waals surface area contributed by atoms with Crippen molar-refractivity contribution >= 4 is 55.2 Å². The molecule has 1 aliphatic heterocycles. The summed E-state index contributed by atoms with van der Waals surface area (Å²) in [6.07, 6.45) is 1.25. The number of esters is 1. The van der Waals surface area contributed by atoms with E-state index >= 15 is 0 Å². The fourth-order valence-corrected chi connectivity index (χ4v) is 6.03. The summed E-state index contributed by atoms with van der Waals surface area (Å²) < 4.78 is 53.7. The van der Waals surface area contributed by atoms with Crippen molar-refractivity contribution in [2.24, 2.45) is 0 Å². The largest absolute Gasteiger partial charge is 0.465 e. The van der Waals surface area contributed by atoms with Gasteiger partial charge in [0.25, 0.3) is 0 Å². The Balaban J connectivity index is 1.93. The Morgan fingerprint density at radius 3 is 2.56 bits per heavy atom. The summed E-state index contributed by atoms with van der Waals surface area (Å²) in [7, 11) is -4.65. The first-order chi connectivity index (χ1) is 17.2. The van der Waals surface area contributed by atoms with E-state index in [1.54, 1.807) is 30.3 Å². The number of benzene rings is 2. The monoisotopic (exact) mass is 532 g/mol. The number of ether oxygens (including phenoxy) is 2. The Morgan fingerprint density at radius 2 is 1.86 bits per heavy atom. The van der Waals surface area contributed by atoms with E-state index in [-0.39, 0.29) is 47.3 Å². The number of fused-ring (bicyclic) bond motifs is 1. The molecule has 0 saturated carbocycles. The predicted octanol–water partition coefficient (Wildman–Crippen LogP) is 1.94. The lowest BCUT2D eigenvalue weighted by Gasteiger charge is -2.27. The highest BCUT2D eigenvalue weighted by molar-refractivity contribution is 7.89. The Bertz CT molecular complexity index is 1450. The first-order valence-electron chi connectivity index (χ1n) is 10.9. The second kappa shape index (κ2) is 10.7. The van der Waals surface area contributed by atoms with E-state index in [0.717, 1.165) is 0 Å². The Morgan fingerprint density at radius 1 is 1.14 bits per heavy atom. The van der Waals surface area contributed by atoms with Crippen molar-refractivity contribution in [1.82, 2.24) is 14.0 Å². The van der Waals surface area contributed by atoms with E-state index < -0.39 is 32.9 Å². The van der Waals surface area contributed by atoms with E-state index in [0.29, 0.717) is 16.6 Å². The van der Waals surface area contributed by atoms with Crippen LogP contribution in [0.25, 0.3) is 10.9 Å². The van der Waals surface area contributed by atoms with E-state index in [4.69, 9.17) is 9.47 Å². The van der Waals surface area contributed by atoms with Crippen molar-refractivity contribution in [2.75, 3.05) is 38.7 Å². The number of aromatic nitrogens is 1. The maximum atomic E-state index is 13.7. The summed E-state index contributed by atoms with van der Waals surface area (Å²) in [5.41, 5.74) is 1.06. The molecular formula is C23H24N4O7S2.